The van der Waals surface area contributed by atoms with Crippen molar-refractivity contribution >= 4 is 20.8 Å². The number of sulfonamides is 1. The average Bonchev–Trinajstić information content (AvgIpc) is 2.66. The first-order chi connectivity index (χ1) is 12.9. The lowest BCUT2D eigenvalue weighted by atomic mass is 10.0. The monoisotopic (exact) mass is 383 g/mol. The normalized spacial score (nSPS) is 14.1. The molecule has 5 nitrogen and oxygen atoms in total. The Morgan fingerprint density at radius 2 is 1.81 bits per heavy atom. The van der Waals surface area contributed by atoms with Gasteiger partial charge < -0.3 is 5.73 Å². The Labute approximate surface area is 160 Å². The second-order valence-electron chi connectivity index (χ2n) is 6.93. The van der Waals surface area contributed by atoms with Crippen LogP contribution in [0, 0.1) is 0 Å². The van der Waals surface area contributed by atoms with Crippen molar-refractivity contribution < 1.29 is 8.42 Å². The largest absolute Gasteiger partial charge is 0.327 e. The number of nitrogens with one attached hydrogen (secondary N) is 1. The van der Waals surface area contributed by atoms with Gasteiger partial charge in [-0.1, -0.05) is 36.4 Å². The van der Waals surface area contributed by atoms with E-state index in [0.29, 0.717) is 6.42 Å². The number of rotatable bonds is 8. The Kier molecular flexibility index (Phi) is 6.21. The van der Waals surface area contributed by atoms with E-state index in [1.807, 2.05) is 25.1 Å². The summed E-state index contributed by atoms with van der Waals surface area (Å²) in [6.45, 7) is 1.87. The number of pyridine rings is 1. The first-order valence-electron chi connectivity index (χ1n) is 9.10. The van der Waals surface area contributed by atoms with Crippen LogP contribution >= 0.6 is 0 Å². The third kappa shape index (κ3) is 5.35. The summed E-state index contributed by atoms with van der Waals surface area (Å²) in [5.41, 5.74) is 7.41. The maximum atomic E-state index is 12.7. The predicted octanol–water partition coefficient (Wildman–Crippen LogP) is 3.25. The SMILES string of the molecule is C[C@H](CCC(N)Cc1ccccc1)NS(=O)(=O)c1ccc2cnccc2c1. The maximum Gasteiger partial charge on any atom is 0.240 e. The molecular formula is C21H25N3O2S. The van der Waals surface area contributed by atoms with Crippen molar-refractivity contribution in [2.24, 2.45) is 5.73 Å². The first-order valence-corrected chi connectivity index (χ1v) is 10.6. The molecule has 0 amide bonds. The highest BCUT2D eigenvalue weighted by Crippen LogP contribution is 2.19. The number of aromatic nitrogens is 1. The number of fused-ring (bicyclic) bond motifs is 1. The molecule has 0 aliphatic rings. The van der Waals surface area contributed by atoms with Gasteiger partial charge in [-0.15, -0.1) is 0 Å². The van der Waals surface area contributed by atoms with Crippen LogP contribution in [0.15, 0.2) is 71.9 Å². The van der Waals surface area contributed by atoms with Crippen LogP contribution in [0.25, 0.3) is 10.8 Å². The van der Waals surface area contributed by atoms with Gasteiger partial charge in [0.25, 0.3) is 0 Å². The van der Waals surface area contributed by atoms with E-state index in [1.54, 1.807) is 36.7 Å². The minimum atomic E-state index is -3.57. The summed E-state index contributed by atoms with van der Waals surface area (Å²) in [5, 5.41) is 1.77. The van der Waals surface area contributed by atoms with Crippen molar-refractivity contribution in [1.29, 1.82) is 0 Å². The maximum absolute atomic E-state index is 12.7. The number of hydrogen-bond acceptors (Lipinski definition) is 4. The van der Waals surface area contributed by atoms with Gasteiger partial charge in [0.15, 0.2) is 0 Å². The molecule has 0 aliphatic carbocycles. The topological polar surface area (TPSA) is 85.1 Å². The Hall–Kier alpha value is -2.28. The minimum Gasteiger partial charge on any atom is -0.327 e. The van der Waals surface area contributed by atoms with Gasteiger partial charge in [0, 0.05) is 29.9 Å². The summed E-state index contributed by atoms with van der Waals surface area (Å²) in [5.74, 6) is 0. The lowest BCUT2D eigenvalue weighted by molar-refractivity contribution is 0.501. The minimum absolute atomic E-state index is 0.00697. The smallest absolute Gasteiger partial charge is 0.240 e. The Morgan fingerprint density at radius 1 is 1.04 bits per heavy atom. The van der Waals surface area contributed by atoms with Crippen LogP contribution in [0.2, 0.25) is 0 Å². The molecule has 27 heavy (non-hydrogen) atoms. The Morgan fingerprint density at radius 3 is 2.59 bits per heavy atom. The number of nitrogens with two attached hydrogens (primary N) is 1. The molecule has 0 saturated heterocycles. The third-order valence-corrected chi connectivity index (χ3v) is 6.18. The number of hydrogen-bond donors (Lipinski definition) is 2. The number of benzene rings is 2. The third-order valence-electron chi connectivity index (χ3n) is 4.59. The summed E-state index contributed by atoms with van der Waals surface area (Å²) in [6, 6.07) is 16.8. The zero-order valence-corrected chi connectivity index (χ0v) is 16.2. The van der Waals surface area contributed by atoms with Crippen molar-refractivity contribution in [3.63, 3.8) is 0 Å². The van der Waals surface area contributed by atoms with E-state index >= 15 is 0 Å². The van der Waals surface area contributed by atoms with Crippen molar-refractivity contribution in [3.05, 3.63) is 72.6 Å². The zero-order chi connectivity index (χ0) is 19.3. The fourth-order valence-electron chi connectivity index (χ4n) is 3.10. The molecule has 0 aliphatic heterocycles. The molecule has 142 valence electrons. The molecule has 1 unspecified atom stereocenters. The first kappa shape index (κ1) is 19.5. The van der Waals surface area contributed by atoms with Crippen molar-refractivity contribution in [2.45, 2.75) is 43.2 Å². The van der Waals surface area contributed by atoms with E-state index in [0.717, 1.165) is 23.6 Å². The molecule has 3 rings (SSSR count). The van der Waals surface area contributed by atoms with E-state index in [-0.39, 0.29) is 17.0 Å². The van der Waals surface area contributed by atoms with Crippen LogP contribution in [-0.2, 0) is 16.4 Å². The van der Waals surface area contributed by atoms with Crippen molar-refractivity contribution in [3.8, 4) is 0 Å². The predicted molar refractivity (Wildman–Crippen MR) is 109 cm³/mol. The molecule has 2 aromatic carbocycles. The highest BCUT2D eigenvalue weighted by molar-refractivity contribution is 7.89. The van der Waals surface area contributed by atoms with E-state index in [4.69, 9.17) is 5.73 Å². The molecule has 3 N–H and O–H groups in total. The summed E-state index contributed by atoms with van der Waals surface area (Å²) < 4.78 is 28.1. The van der Waals surface area contributed by atoms with Crippen LogP contribution in [0.1, 0.15) is 25.3 Å². The van der Waals surface area contributed by atoms with Gasteiger partial charge in [-0.2, -0.15) is 0 Å². The summed E-state index contributed by atoms with van der Waals surface area (Å²) in [6.07, 6.45) is 5.60. The molecule has 0 bridgehead atoms. The van der Waals surface area contributed by atoms with Gasteiger partial charge in [-0.3, -0.25) is 4.98 Å². The van der Waals surface area contributed by atoms with Gasteiger partial charge >= 0.3 is 0 Å². The summed E-state index contributed by atoms with van der Waals surface area (Å²) in [7, 11) is -3.57. The van der Waals surface area contributed by atoms with E-state index < -0.39 is 10.0 Å². The van der Waals surface area contributed by atoms with Gasteiger partial charge in [-0.25, -0.2) is 13.1 Å². The second kappa shape index (κ2) is 8.61. The van der Waals surface area contributed by atoms with Crippen molar-refractivity contribution in [1.82, 2.24) is 9.71 Å². The number of nitrogens with zero attached hydrogens (tertiary/aromatic N) is 1. The molecule has 0 spiro atoms. The highest BCUT2D eigenvalue weighted by Gasteiger charge is 2.18. The highest BCUT2D eigenvalue weighted by atomic mass is 32.2. The van der Waals surface area contributed by atoms with E-state index in [1.165, 1.54) is 5.56 Å². The standard InChI is InChI=1S/C21H25N3O2S/c1-16(7-9-20(22)13-17-5-3-2-4-6-17)24-27(25,26)21-10-8-19-15-23-12-11-18(19)14-21/h2-6,8,10-12,14-16,20,24H,7,9,13,22H2,1H3/t16-,20?/m1/s1. The lowest BCUT2D eigenvalue weighted by Gasteiger charge is -2.17. The molecule has 0 saturated carbocycles. The molecule has 2 atom stereocenters. The van der Waals surface area contributed by atoms with Gasteiger partial charge in [0.1, 0.15) is 0 Å². The second-order valence-corrected chi connectivity index (χ2v) is 8.65. The van der Waals surface area contributed by atoms with Crippen LogP contribution in [0.5, 0.6) is 0 Å². The average molecular weight is 384 g/mol. The molecule has 3 aromatic rings. The molecule has 0 radical (unpaired) electrons. The fraction of sp³-hybridized carbons (Fsp3) is 0.286. The summed E-state index contributed by atoms with van der Waals surface area (Å²) in [4.78, 5) is 4.31. The molecule has 6 heteroatoms. The summed E-state index contributed by atoms with van der Waals surface area (Å²) >= 11 is 0. The Bertz CT molecular complexity index is 990. The van der Waals surface area contributed by atoms with Gasteiger partial charge in [-0.05, 0) is 55.3 Å². The zero-order valence-electron chi connectivity index (χ0n) is 15.4. The van der Waals surface area contributed by atoms with Crippen LogP contribution in [0.3, 0.4) is 0 Å². The van der Waals surface area contributed by atoms with Crippen LogP contribution in [0.4, 0.5) is 0 Å². The van der Waals surface area contributed by atoms with E-state index in [2.05, 4.69) is 21.8 Å². The van der Waals surface area contributed by atoms with Gasteiger partial charge in [0.05, 0.1) is 4.90 Å². The quantitative estimate of drug-likeness (QED) is 0.625. The van der Waals surface area contributed by atoms with Crippen LogP contribution in [-0.4, -0.2) is 25.5 Å². The molecule has 1 heterocycles. The van der Waals surface area contributed by atoms with Crippen molar-refractivity contribution in [2.75, 3.05) is 0 Å². The lowest BCUT2D eigenvalue weighted by Crippen LogP contribution is -2.34. The molecular weight excluding hydrogens is 358 g/mol. The van der Waals surface area contributed by atoms with Gasteiger partial charge in [0.2, 0.25) is 10.0 Å². The van der Waals surface area contributed by atoms with E-state index in [9.17, 15) is 8.42 Å². The fourth-order valence-corrected chi connectivity index (χ4v) is 4.42. The Balaban J connectivity index is 1.57. The molecule has 0 fully saturated rings. The molecule has 1 aromatic heterocycles. The van der Waals surface area contributed by atoms with Crippen LogP contribution < -0.4 is 10.5 Å².